The Hall–Kier alpha value is -2.35. The Morgan fingerprint density at radius 3 is 3.11 bits per heavy atom. The minimum atomic E-state index is -0.752. The number of aromatic amines is 1. The number of rotatable bonds is 3. The van der Waals surface area contributed by atoms with Gasteiger partial charge in [0.25, 0.3) is 0 Å². The number of fused-ring (bicyclic) bond motifs is 1. The van der Waals surface area contributed by atoms with Crippen LogP contribution in [0.1, 0.15) is 18.4 Å². The Morgan fingerprint density at radius 2 is 2.39 bits per heavy atom. The van der Waals surface area contributed by atoms with Gasteiger partial charge in [0.05, 0.1) is 23.4 Å². The molecular formula is C13H12N4O. The average Bonchev–Trinajstić information content (AvgIpc) is 3.07. The van der Waals surface area contributed by atoms with Crippen LogP contribution < -0.4 is 5.32 Å². The minimum Gasteiger partial charge on any atom is -0.351 e. The molecule has 5 heteroatoms. The van der Waals surface area contributed by atoms with Gasteiger partial charge in [-0.1, -0.05) is 6.07 Å². The van der Waals surface area contributed by atoms with Crippen LogP contribution in [0.5, 0.6) is 0 Å². The van der Waals surface area contributed by atoms with Crippen LogP contribution in [0, 0.1) is 16.7 Å². The van der Waals surface area contributed by atoms with Crippen molar-refractivity contribution >= 4 is 16.9 Å². The van der Waals surface area contributed by atoms with Gasteiger partial charge in [0.1, 0.15) is 5.41 Å². The zero-order valence-corrected chi connectivity index (χ0v) is 9.73. The van der Waals surface area contributed by atoms with Crippen LogP contribution in [-0.2, 0) is 11.3 Å². The number of hydrogen-bond acceptors (Lipinski definition) is 3. The predicted molar refractivity (Wildman–Crippen MR) is 65.2 cm³/mol. The molecule has 1 aromatic heterocycles. The molecule has 1 saturated carbocycles. The molecule has 0 aliphatic heterocycles. The maximum Gasteiger partial charge on any atom is 0.240 e. The molecule has 2 N–H and O–H groups in total. The third-order valence-electron chi connectivity index (χ3n) is 3.34. The normalized spacial score (nSPS) is 16.2. The highest BCUT2D eigenvalue weighted by atomic mass is 16.2. The highest BCUT2D eigenvalue weighted by Gasteiger charge is 2.50. The summed E-state index contributed by atoms with van der Waals surface area (Å²) in [6.45, 7) is 0.442. The standard InChI is InChI=1S/C13H12N4O/c14-7-13(3-4-13)12(18)15-6-9-1-2-10-11(5-9)17-8-16-10/h1-2,5,8H,3-4,6H2,(H,15,18)(H,16,17). The van der Waals surface area contributed by atoms with Crippen molar-refractivity contribution in [2.75, 3.05) is 0 Å². The van der Waals surface area contributed by atoms with Crippen LogP contribution >= 0.6 is 0 Å². The fourth-order valence-corrected chi connectivity index (χ4v) is 1.96. The highest BCUT2D eigenvalue weighted by molar-refractivity contribution is 5.88. The summed E-state index contributed by atoms with van der Waals surface area (Å²) in [5.74, 6) is -0.158. The maximum absolute atomic E-state index is 11.8. The van der Waals surface area contributed by atoms with Gasteiger partial charge in [0.2, 0.25) is 5.91 Å². The van der Waals surface area contributed by atoms with Gasteiger partial charge in [-0.15, -0.1) is 0 Å². The largest absolute Gasteiger partial charge is 0.351 e. The third-order valence-corrected chi connectivity index (χ3v) is 3.34. The lowest BCUT2D eigenvalue weighted by Crippen LogP contribution is -2.30. The highest BCUT2D eigenvalue weighted by Crippen LogP contribution is 2.44. The van der Waals surface area contributed by atoms with E-state index in [1.807, 2.05) is 18.2 Å². The van der Waals surface area contributed by atoms with E-state index in [1.54, 1.807) is 6.33 Å². The van der Waals surface area contributed by atoms with Crippen molar-refractivity contribution in [1.82, 2.24) is 15.3 Å². The Morgan fingerprint density at radius 1 is 1.56 bits per heavy atom. The number of nitriles is 1. The van der Waals surface area contributed by atoms with Crippen molar-refractivity contribution in [2.24, 2.45) is 5.41 Å². The molecule has 0 bridgehead atoms. The molecule has 1 amide bonds. The number of nitrogens with zero attached hydrogens (tertiary/aromatic N) is 2. The van der Waals surface area contributed by atoms with E-state index in [1.165, 1.54) is 0 Å². The summed E-state index contributed by atoms with van der Waals surface area (Å²) in [6.07, 6.45) is 2.99. The zero-order valence-electron chi connectivity index (χ0n) is 9.73. The van der Waals surface area contributed by atoms with E-state index >= 15 is 0 Å². The fraction of sp³-hybridized carbons (Fsp3) is 0.308. The van der Waals surface area contributed by atoms with E-state index in [0.717, 1.165) is 16.6 Å². The monoisotopic (exact) mass is 240 g/mol. The molecule has 5 nitrogen and oxygen atoms in total. The Balaban J connectivity index is 1.70. The second kappa shape index (κ2) is 3.84. The second-order valence-electron chi connectivity index (χ2n) is 4.63. The summed E-state index contributed by atoms with van der Waals surface area (Å²) in [5, 5.41) is 11.7. The minimum absolute atomic E-state index is 0.158. The molecule has 0 unspecified atom stereocenters. The molecular weight excluding hydrogens is 228 g/mol. The number of imidazole rings is 1. The van der Waals surface area contributed by atoms with Crippen molar-refractivity contribution in [1.29, 1.82) is 5.26 Å². The number of carbonyl (C=O) groups is 1. The van der Waals surface area contributed by atoms with Gasteiger partial charge in [-0.2, -0.15) is 5.26 Å². The van der Waals surface area contributed by atoms with E-state index in [4.69, 9.17) is 5.26 Å². The van der Waals surface area contributed by atoms with E-state index in [0.29, 0.717) is 19.4 Å². The molecule has 18 heavy (non-hydrogen) atoms. The maximum atomic E-state index is 11.8. The molecule has 1 heterocycles. The molecule has 1 aliphatic carbocycles. The SMILES string of the molecule is N#CC1(C(=O)NCc2ccc3nc[nH]c3c2)CC1. The van der Waals surface area contributed by atoms with Crippen LogP contribution in [0.2, 0.25) is 0 Å². The Bertz CT molecular complexity index is 648. The number of carbonyl (C=O) groups excluding carboxylic acids is 1. The Labute approximate surface area is 104 Å². The van der Waals surface area contributed by atoms with Gasteiger partial charge in [-0.25, -0.2) is 4.98 Å². The molecule has 0 atom stereocenters. The number of nitrogens with one attached hydrogen (secondary N) is 2. The zero-order chi connectivity index (χ0) is 12.6. The summed E-state index contributed by atoms with van der Waals surface area (Å²) < 4.78 is 0. The smallest absolute Gasteiger partial charge is 0.240 e. The predicted octanol–water partition coefficient (Wildman–Crippen LogP) is 1.48. The molecule has 2 aromatic rings. The first-order valence-electron chi connectivity index (χ1n) is 5.85. The molecule has 0 saturated heterocycles. The lowest BCUT2D eigenvalue weighted by molar-refractivity contribution is -0.124. The molecule has 1 aliphatic rings. The third kappa shape index (κ3) is 1.72. The first kappa shape index (κ1) is 10.8. The van der Waals surface area contributed by atoms with Crippen molar-refractivity contribution in [3.63, 3.8) is 0 Å². The molecule has 0 spiro atoms. The van der Waals surface area contributed by atoms with Crippen LogP contribution in [-0.4, -0.2) is 15.9 Å². The molecule has 1 fully saturated rings. The lowest BCUT2D eigenvalue weighted by Gasteiger charge is -2.08. The van der Waals surface area contributed by atoms with E-state index in [2.05, 4.69) is 21.4 Å². The summed E-state index contributed by atoms with van der Waals surface area (Å²) in [6, 6.07) is 7.87. The van der Waals surface area contributed by atoms with Gasteiger partial charge in [0, 0.05) is 6.54 Å². The van der Waals surface area contributed by atoms with E-state index in [9.17, 15) is 4.79 Å². The summed E-state index contributed by atoms with van der Waals surface area (Å²) in [7, 11) is 0. The van der Waals surface area contributed by atoms with Gasteiger partial charge >= 0.3 is 0 Å². The number of hydrogen-bond donors (Lipinski definition) is 2. The number of amides is 1. The number of aromatic nitrogens is 2. The van der Waals surface area contributed by atoms with Crippen LogP contribution in [0.15, 0.2) is 24.5 Å². The fourth-order valence-electron chi connectivity index (χ4n) is 1.96. The van der Waals surface area contributed by atoms with Crippen molar-refractivity contribution in [3.05, 3.63) is 30.1 Å². The summed E-state index contributed by atoms with van der Waals surface area (Å²) in [4.78, 5) is 18.9. The molecule has 3 rings (SSSR count). The first-order chi connectivity index (χ1) is 8.73. The van der Waals surface area contributed by atoms with Gasteiger partial charge in [-0.05, 0) is 30.5 Å². The number of H-pyrrole nitrogens is 1. The van der Waals surface area contributed by atoms with Crippen molar-refractivity contribution in [2.45, 2.75) is 19.4 Å². The van der Waals surface area contributed by atoms with Gasteiger partial charge in [-0.3, -0.25) is 4.79 Å². The van der Waals surface area contributed by atoms with E-state index < -0.39 is 5.41 Å². The number of benzene rings is 1. The molecule has 1 aromatic carbocycles. The van der Waals surface area contributed by atoms with Gasteiger partial charge < -0.3 is 10.3 Å². The summed E-state index contributed by atoms with van der Waals surface area (Å²) in [5.41, 5.74) is 2.09. The topological polar surface area (TPSA) is 81.6 Å². The lowest BCUT2D eigenvalue weighted by atomic mass is 10.1. The van der Waals surface area contributed by atoms with Crippen LogP contribution in [0.25, 0.3) is 11.0 Å². The van der Waals surface area contributed by atoms with Crippen molar-refractivity contribution in [3.8, 4) is 6.07 Å². The quantitative estimate of drug-likeness (QED) is 0.852. The second-order valence-corrected chi connectivity index (χ2v) is 4.63. The van der Waals surface area contributed by atoms with Gasteiger partial charge in [0.15, 0.2) is 0 Å². The van der Waals surface area contributed by atoms with Crippen LogP contribution in [0.3, 0.4) is 0 Å². The molecule has 90 valence electrons. The Kier molecular flexibility index (Phi) is 2.30. The van der Waals surface area contributed by atoms with Crippen LogP contribution in [0.4, 0.5) is 0 Å². The first-order valence-corrected chi connectivity index (χ1v) is 5.85. The summed E-state index contributed by atoms with van der Waals surface area (Å²) >= 11 is 0. The van der Waals surface area contributed by atoms with Crippen molar-refractivity contribution < 1.29 is 4.79 Å². The average molecular weight is 240 g/mol. The van der Waals surface area contributed by atoms with E-state index in [-0.39, 0.29) is 5.91 Å². The molecule has 0 radical (unpaired) electrons.